The average molecular weight is 390 g/mol. The van der Waals surface area contributed by atoms with E-state index < -0.39 is 0 Å². The molecule has 27 heavy (non-hydrogen) atoms. The highest BCUT2D eigenvalue weighted by Gasteiger charge is 2.15. The van der Waals surface area contributed by atoms with Crippen LogP contribution in [-0.2, 0) is 9.59 Å². The van der Waals surface area contributed by atoms with Gasteiger partial charge in [0.1, 0.15) is 5.75 Å². The molecule has 2 rings (SSSR count). The van der Waals surface area contributed by atoms with E-state index in [9.17, 15) is 9.59 Å². The molecule has 2 amide bonds. The maximum absolute atomic E-state index is 12.3. The van der Waals surface area contributed by atoms with Crippen LogP contribution in [0.4, 0.5) is 17.1 Å². The number of nitrogens with one attached hydrogen (secondary N) is 1. The van der Waals surface area contributed by atoms with Crippen molar-refractivity contribution in [3.63, 3.8) is 0 Å². The minimum absolute atomic E-state index is 0.124. The first kappa shape index (κ1) is 20.6. The second kappa shape index (κ2) is 9.28. The molecule has 0 heterocycles. The number of anilines is 3. The summed E-state index contributed by atoms with van der Waals surface area (Å²) in [5.74, 6) is 0.169. The van der Waals surface area contributed by atoms with Crippen LogP contribution >= 0.6 is 11.6 Å². The van der Waals surface area contributed by atoms with E-state index in [1.54, 1.807) is 23.1 Å². The lowest BCUT2D eigenvalue weighted by atomic mass is 10.2. The van der Waals surface area contributed by atoms with E-state index in [2.05, 4.69) is 5.32 Å². The van der Waals surface area contributed by atoms with Crippen LogP contribution < -0.4 is 19.9 Å². The van der Waals surface area contributed by atoms with Gasteiger partial charge in [0.05, 0.1) is 12.8 Å². The maximum Gasteiger partial charge on any atom is 0.226 e. The van der Waals surface area contributed by atoms with Gasteiger partial charge < -0.3 is 19.9 Å². The number of carbonyl (C=O) groups is 2. The van der Waals surface area contributed by atoms with Gasteiger partial charge in [-0.15, -0.1) is 0 Å². The summed E-state index contributed by atoms with van der Waals surface area (Å²) in [6.45, 7) is 1.75. The fraction of sp³-hybridized carbons (Fsp3) is 0.300. The van der Waals surface area contributed by atoms with Gasteiger partial charge in [-0.25, -0.2) is 0 Å². The van der Waals surface area contributed by atoms with Crippen LogP contribution in [0.5, 0.6) is 5.75 Å². The largest absolute Gasteiger partial charge is 0.495 e. The Morgan fingerprint density at radius 3 is 2.26 bits per heavy atom. The smallest absolute Gasteiger partial charge is 0.226 e. The molecular formula is C20H24ClN3O3. The van der Waals surface area contributed by atoms with Crippen molar-refractivity contribution in [3.05, 3.63) is 47.5 Å². The van der Waals surface area contributed by atoms with Crippen molar-refractivity contribution in [3.8, 4) is 5.75 Å². The number of hydrogen-bond donors (Lipinski definition) is 1. The number of carbonyl (C=O) groups excluding carboxylic acids is 2. The molecule has 2 aromatic rings. The molecule has 2 aromatic carbocycles. The fourth-order valence-corrected chi connectivity index (χ4v) is 2.78. The van der Waals surface area contributed by atoms with Gasteiger partial charge in [0, 0.05) is 50.4 Å². The van der Waals surface area contributed by atoms with Crippen LogP contribution in [0.1, 0.15) is 13.3 Å². The summed E-state index contributed by atoms with van der Waals surface area (Å²) in [4.78, 5) is 27.9. The summed E-state index contributed by atoms with van der Waals surface area (Å²) in [5.41, 5.74) is 2.29. The predicted molar refractivity (Wildman–Crippen MR) is 110 cm³/mol. The topological polar surface area (TPSA) is 61.9 Å². The highest BCUT2D eigenvalue weighted by molar-refractivity contribution is 6.31. The minimum atomic E-state index is -0.230. The van der Waals surface area contributed by atoms with E-state index in [4.69, 9.17) is 16.3 Å². The Morgan fingerprint density at radius 1 is 1.07 bits per heavy atom. The molecule has 0 atom stereocenters. The van der Waals surface area contributed by atoms with Crippen molar-refractivity contribution in [1.29, 1.82) is 0 Å². The molecule has 144 valence electrons. The Hall–Kier alpha value is -2.73. The Bertz CT molecular complexity index is 807. The first-order chi connectivity index (χ1) is 12.8. The molecule has 0 bridgehead atoms. The zero-order valence-electron chi connectivity index (χ0n) is 16.0. The summed E-state index contributed by atoms with van der Waals surface area (Å²) in [7, 11) is 5.42. The fourth-order valence-electron chi connectivity index (χ4n) is 2.60. The number of benzene rings is 2. The summed E-state index contributed by atoms with van der Waals surface area (Å²) < 4.78 is 5.22. The van der Waals surface area contributed by atoms with Crippen LogP contribution in [0.3, 0.4) is 0 Å². The van der Waals surface area contributed by atoms with Crippen LogP contribution in [0.15, 0.2) is 42.5 Å². The van der Waals surface area contributed by atoms with Crippen molar-refractivity contribution < 1.29 is 14.3 Å². The van der Waals surface area contributed by atoms with Gasteiger partial charge in [0.2, 0.25) is 11.8 Å². The Morgan fingerprint density at radius 2 is 1.70 bits per heavy atom. The molecule has 0 aliphatic heterocycles. The Kier molecular flexibility index (Phi) is 7.07. The summed E-state index contributed by atoms with van der Waals surface area (Å²) in [6.07, 6.45) is 0.144. The van der Waals surface area contributed by atoms with E-state index in [-0.39, 0.29) is 24.8 Å². The average Bonchev–Trinajstić information content (AvgIpc) is 2.62. The number of halogens is 1. The third kappa shape index (κ3) is 5.62. The number of ether oxygens (including phenoxy) is 1. The monoisotopic (exact) mass is 389 g/mol. The van der Waals surface area contributed by atoms with Gasteiger partial charge in [-0.3, -0.25) is 9.59 Å². The van der Waals surface area contributed by atoms with Crippen LogP contribution in [0.2, 0.25) is 5.02 Å². The van der Waals surface area contributed by atoms with Crippen molar-refractivity contribution in [2.75, 3.05) is 42.9 Å². The van der Waals surface area contributed by atoms with E-state index in [1.807, 2.05) is 43.3 Å². The standard InChI is InChI=1S/C20H24ClN3O3/c1-14(25)24(17-8-6-16(7-9-17)23(2)3)12-11-20(26)22-18-13-15(21)5-10-19(18)27-4/h5-10,13H,11-12H2,1-4H3,(H,22,26). The van der Waals surface area contributed by atoms with Crippen LogP contribution in [0, 0.1) is 0 Å². The lowest BCUT2D eigenvalue weighted by molar-refractivity contribution is -0.117. The first-order valence-electron chi connectivity index (χ1n) is 8.50. The van der Waals surface area contributed by atoms with Gasteiger partial charge in [0.25, 0.3) is 0 Å². The SMILES string of the molecule is COc1ccc(Cl)cc1NC(=O)CCN(C(C)=O)c1ccc(N(C)C)cc1. The summed E-state index contributed by atoms with van der Waals surface area (Å²) in [6, 6.07) is 12.6. The third-order valence-corrected chi connectivity index (χ3v) is 4.29. The summed E-state index contributed by atoms with van der Waals surface area (Å²) in [5, 5.41) is 3.28. The number of hydrogen-bond acceptors (Lipinski definition) is 4. The predicted octanol–water partition coefficient (Wildman–Crippen LogP) is 3.80. The zero-order chi connectivity index (χ0) is 20.0. The van der Waals surface area contributed by atoms with Gasteiger partial charge in [0.15, 0.2) is 0 Å². The number of rotatable bonds is 7. The summed E-state index contributed by atoms with van der Waals surface area (Å²) >= 11 is 5.98. The number of nitrogens with zero attached hydrogens (tertiary/aromatic N) is 2. The van der Waals surface area contributed by atoms with E-state index in [0.29, 0.717) is 16.5 Å². The van der Waals surface area contributed by atoms with E-state index >= 15 is 0 Å². The highest BCUT2D eigenvalue weighted by Crippen LogP contribution is 2.28. The molecule has 1 N–H and O–H groups in total. The molecule has 0 fully saturated rings. The molecular weight excluding hydrogens is 366 g/mol. The highest BCUT2D eigenvalue weighted by atomic mass is 35.5. The van der Waals surface area contributed by atoms with Gasteiger partial charge in [-0.05, 0) is 42.5 Å². The molecule has 7 heteroatoms. The minimum Gasteiger partial charge on any atom is -0.495 e. The zero-order valence-corrected chi connectivity index (χ0v) is 16.7. The van der Waals surface area contributed by atoms with Crippen molar-refractivity contribution in [2.24, 2.45) is 0 Å². The third-order valence-electron chi connectivity index (χ3n) is 4.06. The molecule has 6 nitrogen and oxygen atoms in total. The molecule has 0 aromatic heterocycles. The van der Waals surface area contributed by atoms with E-state index in [1.165, 1.54) is 14.0 Å². The second-order valence-electron chi connectivity index (χ2n) is 6.22. The van der Waals surface area contributed by atoms with Crippen LogP contribution in [0.25, 0.3) is 0 Å². The van der Waals surface area contributed by atoms with Crippen molar-refractivity contribution in [1.82, 2.24) is 0 Å². The molecule has 0 saturated heterocycles. The number of amides is 2. The van der Waals surface area contributed by atoms with Gasteiger partial charge >= 0.3 is 0 Å². The first-order valence-corrected chi connectivity index (χ1v) is 8.88. The van der Waals surface area contributed by atoms with E-state index in [0.717, 1.165) is 11.4 Å². The second-order valence-corrected chi connectivity index (χ2v) is 6.66. The van der Waals surface area contributed by atoms with Gasteiger partial charge in [-0.1, -0.05) is 11.6 Å². The lowest BCUT2D eigenvalue weighted by Crippen LogP contribution is -2.32. The molecule has 0 aliphatic carbocycles. The molecule has 0 aliphatic rings. The number of methoxy groups -OCH3 is 1. The molecule has 0 radical (unpaired) electrons. The maximum atomic E-state index is 12.3. The lowest BCUT2D eigenvalue weighted by Gasteiger charge is -2.22. The van der Waals surface area contributed by atoms with Crippen LogP contribution in [-0.4, -0.2) is 39.6 Å². The Labute approximate surface area is 164 Å². The van der Waals surface area contributed by atoms with Gasteiger partial charge in [-0.2, -0.15) is 0 Å². The van der Waals surface area contributed by atoms with Crippen molar-refractivity contribution >= 4 is 40.5 Å². The van der Waals surface area contributed by atoms with Crippen molar-refractivity contribution in [2.45, 2.75) is 13.3 Å². The quantitative estimate of drug-likeness (QED) is 0.782. The normalized spacial score (nSPS) is 10.3. The molecule has 0 unspecified atom stereocenters. The molecule has 0 spiro atoms. The Balaban J connectivity index is 2.04. The molecule has 0 saturated carbocycles.